The lowest BCUT2D eigenvalue weighted by atomic mass is 10.1. The van der Waals surface area contributed by atoms with Gasteiger partial charge < -0.3 is 9.62 Å². The number of furan rings is 1. The molecule has 2 rings (SSSR count). The first-order chi connectivity index (χ1) is 7.31. The maximum Gasteiger partial charge on any atom is 0.156 e. The summed E-state index contributed by atoms with van der Waals surface area (Å²) in [6, 6.07) is 11.0. The number of rotatable bonds is 2. The van der Waals surface area contributed by atoms with E-state index in [1.807, 2.05) is 24.3 Å². The second-order valence-corrected chi connectivity index (χ2v) is 3.85. The Morgan fingerprint density at radius 1 is 1.20 bits per heavy atom. The van der Waals surface area contributed by atoms with E-state index in [2.05, 4.69) is 21.1 Å². The van der Waals surface area contributed by atoms with Crippen molar-refractivity contribution in [3.63, 3.8) is 0 Å². The van der Waals surface area contributed by atoms with Gasteiger partial charge in [-0.3, -0.25) is 0 Å². The first-order valence-electron chi connectivity index (χ1n) is 4.33. The van der Waals surface area contributed by atoms with Crippen LogP contribution in [-0.4, -0.2) is 10.9 Å². The van der Waals surface area contributed by atoms with Crippen molar-refractivity contribution in [2.75, 3.05) is 0 Å². The minimum atomic E-state index is 0.424. The van der Waals surface area contributed by atoms with Gasteiger partial charge in [0.2, 0.25) is 0 Å². The molecule has 15 heavy (non-hydrogen) atoms. The van der Waals surface area contributed by atoms with E-state index >= 15 is 0 Å². The summed E-state index contributed by atoms with van der Waals surface area (Å²) < 4.78 is 6.14. The smallest absolute Gasteiger partial charge is 0.156 e. The van der Waals surface area contributed by atoms with E-state index in [1.54, 1.807) is 18.4 Å². The zero-order valence-electron chi connectivity index (χ0n) is 7.72. The van der Waals surface area contributed by atoms with Gasteiger partial charge in [0, 0.05) is 10.0 Å². The monoisotopic (exact) mass is 265 g/mol. The summed E-state index contributed by atoms with van der Waals surface area (Å²) in [5.41, 5.74) is 1.23. The number of halogens is 1. The highest BCUT2D eigenvalue weighted by molar-refractivity contribution is 9.10. The highest BCUT2D eigenvalue weighted by Gasteiger charge is 2.09. The summed E-state index contributed by atoms with van der Waals surface area (Å²) in [5.74, 6) is 0.542. The van der Waals surface area contributed by atoms with Gasteiger partial charge in [-0.15, -0.1) is 0 Å². The molecule has 1 aromatic heterocycles. The van der Waals surface area contributed by atoms with Crippen molar-refractivity contribution in [2.24, 2.45) is 5.16 Å². The highest BCUT2D eigenvalue weighted by Crippen LogP contribution is 2.15. The molecule has 1 N–H and O–H groups in total. The van der Waals surface area contributed by atoms with E-state index in [4.69, 9.17) is 9.62 Å². The Labute approximate surface area is 95.2 Å². The molecule has 0 spiro atoms. The largest absolute Gasteiger partial charge is 0.463 e. The van der Waals surface area contributed by atoms with Gasteiger partial charge in [0.15, 0.2) is 11.5 Å². The lowest BCUT2D eigenvalue weighted by molar-refractivity contribution is 0.318. The van der Waals surface area contributed by atoms with Crippen LogP contribution in [0.1, 0.15) is 11.3 Å². The van der Waals surface area contributed by atoms with Crippen LogP contribution in [0.25, 0.3) is 0 Å². The Bertz CT molecular complexity index is 460. The molecule has 0 atom stereocenters. The van der Waals surface area contributed by atoms with Crippen LogP contribution < -0.4 is 0 Å². The van der Waals surface area contributed by atoms with Crippen LogP contribution >= 0.6 is 15.9 Å². The van der Waals surface area contributed by atoms with Crippen LogP contribution in [0, 0.1) is 0 Å². The molecule has 1 heterocycles. The quantitative estimate of drug-likeness (QED) is 0.515. The zero-order chi connectivity index (χ0) is 10.7. The van der Waals surface area contributed by atoms with Crippen LogP contribution in [-0.2, 0) is 0 Å². The summed E-state index contributed by atoms with van der Waals surface area (Å²) in [6.07, 6.45) is 1.54. The van der Waals surface area contributed by atoms with Crippen LogP contribution in [0.3, 0.4) is 0 Å². The van der Waals surface area contributed by atoms with E-state index in [0.29, 0.717) is 11.5 Å². The second kappa shape index (κ2) is 4.31. The molecule has 0 saturated heterocycles. The molecule has 4 heteroatoms. The molecule has 0 aliphatic carbocycles. The Morgan fingerprint density at radius 3 is 2.47 bits per heavy atom. The summed E-state index contributed by atoms with van der Waals surface area (Å²) >= 11 is 3.34. The van der Waals surface area contributed by atoms with Crippen LogP contribution in [0.2, 0.25) is 0 Å². The van der Waals surface area contributed by atoms with Crippen LogP contribution in [0.5, 0.6) is 0 Å². The lowest BCUT2D eigenvalue weighted by Crippen LogP contribution is -2.01. The highest BCUT2D eigenvalue weighted by atomic mass is 79.9. The molecule has 0 bridgehead atoms. The fraction of sp³-hybridized carbons (Fsp3) is 0. The summed E-state index contributed by atoms with van der Waals surface area (Å²) in [4.78, 5) is 0. The molecule has 0 fully saturated rings. The summed E-state index contributed by atoms with van der Waals surface area (Å²) in [5, 5.41) is 12.2. The Morgan fingerprint density at radius 2 is 1.93 bits per heavy atom. The standard InChI is InChI=1S/C11H8BrNO2/c12-9-5-3-8(4-6-9)11(13-14)10-2-1-7-15-10/h1-7,14H/b13-11+. The summed E-state index contributed by atoms with van der Waals surface area (Å²) in [7, 11) is 0. The van der Waals surface area contributed by atoms with Gasteiger partial charge in [-0.2, -0.15) is 0 Å². The maximum atomic E-state index is 8.94. The molecule has 0 radical (unpaired) electrons. The first-order valence-corrected chi connectivity index (χ1v) is 5.12. The predicted molar refractivity (Wildman–Crippen MR) is 60.3 cm³/mol. The zero-order valence-corrected chi connectivity index (χ0v) is 9.31. The minimum Gasteiger partial charge on any atom is -0.463 e. The fourth-order valence-electron chi connectivity index (χ4n) is 1.27. The second-order valence-electron chi connectivity index (χ2n) is 2.93. The number of nitrogens with zero attached hydrogens (tertiary/aromatic N) is 1. The predicted octanol–water partition coefficient (Wildman–Crippen LogP) is 3.27. The minimum absolute atomic E-state index is 0.424. The van der Waals surface area contributed by atoms with Gasteiger partial charge >= 0.3 is 0 Å². The van der Waals surface area contributed by atoms with E-state index < -0.39 is 0 Å². The lowest BCUT2D eigenvalue weighted by Gasteiger charge is -2.00. The fourth-order valence-corrected chi connectivity index (χ4v) is 1.53. The third-order valence-corrected chi connectivity index (χ3v) is 2.50. The van der Waals surface area contributed by atoms with Crippen molar-refractivity contribution in [1.29, 1.82) is 0 Å². The molecule has 2 aromatic rings. The van der Waals surface area contributed by atoms with E-state index in [-0.39, 0.29) is 0 Å². The van der Waals surface area contributed by atoms with Crippen molar-refractivity contribution in [3.05, 3.63) is 58.5 Å². The number of hydrogen-bond acceptors (Lipinski definition) is 3. The van der Waals surface area contributed by atoms with Crippen LogP contribution in [0.15, 0.2) is 56.7 Å². The third-order valence-electron chi connectivity index (χ3n) is 1.97. The van der Waals surface area contributed by atoms with Crippen molar-refractivity contribution in [1.82, 2.24) is 0 Å². The normalized spacial score (nSPS) is 11.7. The molecule has 0 amide bonds. The van der Waals surface area contributed by atoms with Gasteiger partial charge in [-0.1, -0.05) is 33.2 Å². The maximum absolute atomic E-state index is 8.94. The van der Waals surface area contributed by atoms with Crippen molar-refractivity contribution in [2.45, 2.75) is 0 Å². The van der Waals surface area contributed by atoms with Crippen molar-refractivity contribution in [3.8, 4) is 0 Å². The molecule has 3 nitrogen and oxygen atoms in total. The third kappa shape index (κ3) is 2.10. The van der Waals surface area contributed by atoms with Crippen molar-refractivity contribution >= 4 is 21.6 Å². The molecule has 76 valence electrons. The molecule has 1 aromatic carbocycles. The Hall–Kier alpha value is -1.55. The summed E-state index contributed by atoms with van der Waals surface area (Å²) in [6.45, 7) is 0. The molecular weight excluding hydrogens is 258 g/mol. The topological polar surface area (TPSA) is 45.7 Å². The average Bonchev–Trinajstić information content (AvgIpc) is 2.75. The number of hydrogen-bond donors (Lipinski definition) is 1. The molecule has 0 aliphatic heterocycles. The molecule has 0 unspecified atom stereocenters. The van der Waals surface area contributed by atoms with E-state index in [9.17, 15) is 0 Å². The molecule has 0 aliphatic rings. The van der Waals surface area contributed by atoms with Crippen molar-refractivity contribution < 1.29 is 9.62 Å². The van der Waals surface area contributed by atoms with Gasteiger partial charge in [0.25, 0.3) is 0 Å². The van der Waals surface area contributed by atoms with Gasteiger partial charge in [0.05, 0.1) is 6.26 Å². The van der Waals surface area contributed by atoms with E-state index in [0.717, 1.165) is 10.0 Å². The van der Waals surface area contributed by atoms with Gasteiger partial charge in [-0.05, 0) is 24.3 Å². The molecular formula is C11H8BrNO2. The van der Waals surface area contributed by atoms with Crippen LogP contribution in [0.4, 0.5) is 0 Å². The number of oxime groups is 1. The molecule has 0 saturated carbocycles. The Kier molecular flexibility index (Phi) is 2.87. The SMILES string of the molecule is O/N=C(\c1ccc(Br)cc1)c1ccco1. The van der Waals surface area contributed by atoms with Gasteiger partial charge in [0.1, 0.15) is 0 Å². The van der Waals surface area contributed by atoms with Gasteiger partial charge in [-0.25, -0.2) is 0 Å². The van der Waals surface area contributed by atoms with E-state index in [1.165, 1.54) is 0 Å². The average molecular weight is 266 g/mol. The Balaban J connectivity index is 2.41. The first kappa shape index (κ1) is 9.98. The number of benzene rings is 1.